The van der Waals surface area contributed by atoms with Crippen LogP contribution in [-0.4, -0.2) is 39.3 Å². The fraction of sp³-hybridized carbons (Fsp3) is 0.316. The largest absolute Gasteiger partial charge is 0.491 e. The van der Waals surface area contributed by atoms with E-state index in [0.29, 0.717) is 19.8 Å². The molecule has 24 heavy (non-hydrogen) atoms. The molecule has 2 aromatic rings. The van der Waals surface area contributed by atoms with Crippen molar-refractivity contribution in [2.24, 2.45) is 0 Å². The molecule has 2 aromatic carbocycles. The average Bonchev–Trinajstić information content (AvgIpc) is 2.61. The molecular formula is C19H24N2O3. The number of carbonyl (C=O) groups excluding carboxylic acids is 1. The van der Waals surface area contributed by atoms with Crippen molar-refractivity contribution in [3.05, 3.63) is 60.2 Å². The van der Waals surface area contributed by atoms with Crippen molar-refractivity contribution in [1.82, 2.24) is 5.32 Å². The van der Waals surface area contributed by atoms with Gasteiger partial charge in [0.05, 0.1) is 13.2 Å². The van der Waals surface area contributed by atoms with Gasteiger partial charge in [-0.25, -0.2) is 0 Å². The van der Waals surface area contributed by atoms with Crippen LogP contribution in [0.1, 0.15) is 5.56 Å². The maximum atomic E-state index is 11.9. The number of methoxy groups -OCH3 is 1. The fourth-order valence-electron chi connectivity index (χ4n) is 2.16. The summed E-state index contributed by atoms with van der Waals surface area (Å²) in [5.41, 5.74) is 2.01. The van der Waals surface area contributed by atoms with E-state index in [9.17, 15) is 4.79 Å². The Hall–Kier alpha value is -2.37. The lowest BCUT2D eigenvalue weighted by molar-refractivity contribution is -0.115. The number of hydrogen-bond donors (Lipinski definition) is 2. The highest BCUT2D eigenvalue weighted by atomic mass is 16.5. The summed E-state index contributed by atoms with van der Waals surface area (Å²) in [6.07, 6.45) is 0.904. The maximum absolute atomic E-state index is 11.9. The number of amides is 1. The Morgan fingerprint density at radius 2 is 1.75 bits per heavy atom. The molecule has 5 heteroatoms. The Morgan fingerprint density at radius 3 is 2.46 bits per heavy atom. The van der Waals surface area contributed by atoms with Crippen LogP contribution in [0.25, 0.3) is 0 Å². The van der Waals surface area contributed by atoms with Crippen molar-refractivity contribution in [3.63, 3.8) is 0 Å². The van der Waals surface area contributed by atoms with Gasteiger partial charge < -0.3 is 20.1 Å². The van der Waals surface area contributed by atoms with Gasteiger partial charge in [0.15, 0.2) is 0 Å². The Morgan fingerprint density at radius 1 is 1.00 bits per heavy atom. The molecule has 0 atom stereocenters. The lowest BCUT2D eigenvalue weighted by atomic mass is 10.1. The van der Waals surface area contributed by atoms with Crippen molar-refractivity contribution in [3.8, 4) is 5.75 Å². The van der Waals surface area contributed by atoms with Crippen LogP contribution in [0.4, 0.5) is 5.69 Å². The first-order valence-electron chi connectivity index (χ1n) is 8.04. The van der Waals surface area contributed by atoms with Gasteiger partial charge in [-0.15, -0.1) is 0 Å². The van der Waals surface area contributed by atoms with E-state index in [1.54, 1.807) is 7.11 Å². The molecule has 2 rings (SSSR count). The zero-order chi connectivity index (χ0) is 17.0. The number of carbonyl (C=O) groups is 1. The van der Waals surface area contributed by atoms with Crippen molar-refractivity contribution in [2.45, 2.75) is 6.42 Å². The van der Waals surface area contributed by atoms with Crippen LogP contribution in [0.15, 0.2) is 54.6 Å². The molecule has 0 heterocycles. The third-order valence-corrected chi connectivity index (χ3v) is 3.41. The molecule has 0 radical (unpaired) electrons. The van der Waals surface area contributed by atoms with Crippen LogP contribution in [-0.2, 0) is 16.0 Å². The summed E-state index contributed by atoms with van der Waals surface area (Å²) in [6.45, 7) is 2.11. The predicted molar refractivity (Wildman–Crippen MR) is 95.5 cm³/mol. The van der Waals surface area contributed by atoms with Crippen LogP contribution in [0.5, 0.6) is 5.75 Å². The molecule has 0 unspecified atom stereocenters. The second kappa shape index (κ2) is 10.4. The Kier molecular flexibility index (Phi) is 7.80. The molecule has 0 bridgehead atoms. The molecule has 0 fully saturated rings. The highest BCUT2D eigenvalue weighted by Gasteiger charge is 2.02. The van der Waals surface area contributed by atoms with Crippen molar-refractivity contribution in [2.75, 3.05) is 38.7 Å². The molecular weight excluding hydrogens is 304 g/mol. The van der Waals surface area contributed by atoms with Crippen LogP contribution in [0, 0.1) is 0 Å². The molecule has 2 N–H and O–H groups in total. The monoisotopic (exact) mass is 328 g/mol. The summed E-state index contributed by atoms with van der Waals surface area (Å²) in [5, 5.41) is 6.00. The van der Waals surface area contributed by atoms with Gasteiger partial charge in [-0.2, -0.15) is 0 Å². The van der Waals surface area contributed by atoms with Gasteiger partial charge in [0.1, 0.15) is 12.4 Å². The van der Waals surface area contributed by atoms with Crippen molar-refractivity contribution >= 4 is 11.6 Å². The first-order valence-corrected chi connectivity index (χ1v) is 8.04. The van der Waals surface area contributed by atoms with Gasteiger partial charge in [0.25, 0.3) is 0 Å². The van der Waals surface area contributed by atoms with Gasteiger partial charge in [0, 0.05) is 12.8 Å². The number of nitrogens with one attached hydrogen (secondary N) is 2. The summed E-state index contributed by atoms with van der Waals surface area (Å²) in [6, 6.07) is 17.5. The number of ether oxygens (including phenoxy) is 2. The maximum Gasteiger partial charge on any atom is 0.238 e. The zero-order valence-electron chi connectivity index (χ0n) is 14.0. The molecule has 5 nitrogen and oxygen atoms in total. The van der Waals surface area contributed by atoms with Crippen molar-refractivity contribution in [1.29, 1.82) is 0 Å². The first kappa shape index (κ1) is 18.0. The van der Waals surface area contributed by atoms with Crippen LogP contribution >= 0.6 is 0 Å². The predicted octanol–water partition coefficient (Wildman–Crippen LogP) is 2.48. The average molecular weight is 328 g/mol. The molecule has 0 aliphatic carbocycles. The Labute approximate surface area is 143 Å². The zero-order valence-corrected chi connectivity index (χ0v) is 14.0. The van der Waals surface area contributed by atoms with Gasteiger partial charge in [-0.3, -0.25) is 4.79 Å². The van der Waals surface area contributed by atoms with Gasteiger partial charge in [-0.1, -0.05) is 30.3 Å². The van der Waals surface area contributed by atoms with E-state index >= 15 is 0 Å². The minimum atomic E-state index is -0.0592. The summed E-state index contributed by atoms with van der Waals surface area (Å²) in [4.78, 5) is 11.9. The Balaban J connectivity index is 1.64. The third-order valence-electron chi connectivity index (χ3n) is 3.41. The first-order chi connectivity index (χ1) is 11.8. The van der Waals surface area contributed by atoms with E-state index in [0.717, 1.165) is 24.4 Å². The van der Waals surface area contributed by atoms with E-state index < -0.39 is 0 Å². The highest BCUT2D eigenvalue weighted by molar-refractivity contribution is 5.92. The number of hydrogen-bond acceptors (Lipinski definition) is 4. The molecule has 0 spiro atoms. The smallest absolute Gasteiger partial charge is 0.238 e. The highest BCUT2D eigenvalue weighted by Crippen LogP contribution is 2.15. The minimum Gasteiger partial charge on any atom is -0.491 e. The van der Waals surface area contributed by atoms with E-state index in [-0.39, 0.29) is 5.91 Å². The fourth-order valence-corrected chi connectivity index (χ4v) is 2.16. The molecule has 1 amide bonds. The Bertz CT molecular complexity index is 600. The second-order valence-electron chi connectivity index (χ2n) is 5.33. The molecule has 0 aliphatic heterocycles. The molecule has 0 saturated heterocycles. The number of rotatable bonds is 10. The van der Waals surface area contributed by atoms with E-state index in [1.165, 1.54) is 5.56 Å². The molecule has 128 valence electrons. The lowest BCUT2D eigenvalue weighted by Crippen LogP contribution is -2.29. The van der Waals surface area contributed by atoms with Gasteiger partial charge in [0.2, 0.25) is 5.91 Å². The number of anilines is 1. The summed E-state index contributed by atoms with van der Waals surface area (Å²) in [7, 11) is 1.63. The van der Waals surface area contributed by atoms with Crippen molar-refractivity contribution < 1.29 is 14.3 Å². The number of benzene rings is 2. The van der Waals surface area contributed by atoms with E-state index in [2.05, 4.69) is 22.8 Å². The normalized spacial score (nSPS) is 10.4. The van der Waals surface area contributed by atoms with Crippen LogP contribution in [0.3, 0.4) is 0 Å². The van der Waals surface area contributed by atoms with E-state index in [1.807, 2.05) is 42.5 Å². The molecule has 0 aromatic heterocycles. The standard InChI is InChI=1S/C19H24N2O3/c1-23-13-14-24-18-9-7-17(8-10-18)21-19(22)15-20-12-11-16-5-3-2-4-6-16/h2-10,20H,11-15H2,1H3,(H,21,22). The lowest BCUT2D eigenvalue weighted by Gasteiger charge is -2.09. The second-order valence-corrected chi connectivity index (χ2v) is 5.33. The SMILES string of the molecule is COCCOc1ccc(NC(=O)CNCCc2ccccc2)cc1. The summed E-state index contributed by atoms with van der Waals surface area (Å²) in [5.74, 6) is 0.696. The minimum absolute atomic E-state index is 0.0592. The summed E-state index contributed by atoms with van der Waals surface area (Å²) >= 11 is 0. The molecule has 0 saturated carbocycles. The topological polar surface area (TPSA) is 59.6 Å². The molecule has 0 aliphatic rings. The summed E-state index contributed by atoms with van der Waals surface area (Å²) < 4.78 is 10.4. The van der Waals surface area contributed by atoms with Crippen LogP contribution < -0.4 is 15.4 Å². The quantitative estimate of drug-likeness (QED) is 0.658. The van der Waals surface area contributed by atoms with Gasteiger partial charge in [-0.05, 0) is 42.8 Å². The van der Waals surface area contributed by atoms with Gasteiger partial charge >= 0.3 is 0 Å². The van der Waals surface area contributed by atoms with E-state index in [4.69, 9.17) is 9.47 Å². The van der Waals surface area contributed by atoms with Crippen LogP contribution in [0.2, 0.25) is 0 Å². The third kappa shape index (κ3) is 6.81.